The van der Waals surface area contributed by atoms with Crippen molar-refractivity contribution in [1.82, 2.24) is 4.90 Å². The lowest BCUT2D eigenvalue weighted by Gasteiger charge is -2.51. The summed E-state index contributed by atoms with van der Waals surface area (Å²) in [6, 6.07) is 20.9. The summed E-state index contributed by atoms with van der Waals surface area (Å²) in [4.78, 5) is 53.9. The standard InChI is InChI=1S/C27H22N2O6S2/c1-16(30)29(20-13-8-14-36-20)21-24(31)28-15-19(23(26(32)33)37-25(21)28)27(34)35-22(17-9-4-2-5-10-17)18-11-6-3-7-12-18/h2-15,21-23,25H,1H3,(H,32,33)/t21?,23?,25-/m1/s1. The quantitative estimate of drug-likeness (QED) is 0.360. The SMILES string of the molecule is CC(=O)N(c1cccs1)C1C(=O)N2C=C(C(=O)OC(c3ccccc3)c3ccccc3)C(C(=O)O)S[C@H]12. The van der Waals surface area contributed by atoms with Crippen LogP contribution in [0.2, 0.25) is 0 Å². The van der Waals surface area contributed by atoms with E-state index in [-0.39, 0.29) is 11.5 Å². The highest BCUT2D eigenvalue weighted by atomic mass is 32.2. The van der Waals surface area contributed by atoms with Gasteiger partial charge >= 0.3 is 11.9 Å². The molecule has 0 radical (unpaired) electrons. The molecular weight excluding hydrogens is 512 g/mol. The van der Waals surface area contributed by atoms with Crippen LogP contribution in [-0.4, -0.2) is 50.4 Å². The summed E-state index contributed by atoms with van der Waals surface area (Å²) in [5.41, 5.74) is 1.32. The van der Waals surface area contributed by atoms with E-state index in [4.69, 9.17) is 4.74 Å². The Morgan fingerprint density at radius 1 is 0.973 bits per heavy atom. The van der Waals surface area contributed by atoms with E-state index in [2.05, 4.69) is 0 Å². The lowest BCUT2D eigenvalue weighted by molar-refractivity contribution is -0.147. The number of amides is 2. The number of carbonyl (C=O) groups is 4. The number of β-lactam (4-membered cyclic amide) rings is 1. The maximum Gasteiger partial charge on any atom is 0.338 e. The largest absolute Gasteiger partial charge is 0.480 e. The van der Waals surface area contributed by atoms with Crippen molar-refractivity contribution in [3.8, 4) is 0 Å². The summed E-state index contributed by atoms with van der Waals surface area (Å²) in [5, 5.41) is 10.5. The van der Waals surface area contributed by atoms with E-state index in [1.807, 2.05) is 60.7 Å². The van der Waals surface area contributed by atoms with E-state index in [1.54, 1.807) is 17.5 Å². The number of nitrogens with zero attached hydrogens (tertiary/aromatic N) is 2. The van der Waals surface area contributed by atoms with Gasteiger partial charge in [0.15, 0.2) is 6.10 Å². The maximum absolute atomic E-state index is 13.4. The van der Waals surface area contributed by atoms with Gasteiger partial charge in [0.25, 0.3) is 5.91 Å². The topological polar surface area (TPSA) is 104 Å². The predicted octanol–water partition coefficient (Wildman–Crippen LogP) is 4.05. The van der Waals surface area contributed by atoms with Crippen molar-refractivity contribution in [1.29, 1.82) is 0 Å². The Morgan fingerprint density at radius 3 is 2.11 bits per heavy atom. The molecule has 1 fully saturated rings. The van der Waals surface area contributed by atoms with Crippen LogP contribution in [-0.2, 0) is 23.9 Å². The number of hydrogen-bond acceptors (Lipinski definition) is 7. The maximum atomic E-state index is 13.4. The van der Waals surface area contributed by atoms with Gasteiger partial charge in [-0.25, -0.2) is 4.79 Å². The molecule has 37 heavy (non-hydrogen) atoms. The fourth-order valence-electron chi connectivity index (χ4n) is 4.42. The van der Waals surface area contributed by atoms with Gasteiger partial charge in [0.1, 0.15) is 16.7 Å². The summed E-state index contributed by atoms with van der Waals surface area (Å²) in [6.07, 6.45) is 0.501. The minimum atomic E-state index is -1.27. The minimum absolute atomic E-state index is 0.136. The molecule has 3 heterocycles. The lowest BCUT2D eigenvalue weighted by Crippen LogP contribution is -2.70. The number of aliphatic carboxylic acids is 1. The number of rotatable bonds is 7. The Hall–Kier alpha value is -3.89. The Morgan fingerprint density at radius 2 is 1.59 bits per heavy atom. The molecule has 3 atom stereocenters. The first-order chi connectivity index (χ1) is 17.9. The highest BCUT2D eigenvalue weighted by Crippen LogP contribution is 2.45. The normalized spacial score (nSPS) is 20.5. The number of ether oxygens (including phenoxy) is 1. The Bertz CT molecular complexity index is 1320. The third-order valence-electron chi connectivity index (χ3n) is 6.14. The van der Waals surface area contributed by atoms with E-state index in [0.29, 0.717) is 5.00 Å². The highest BCUT2D eigenvalue weighted by Gasteiger charge is 2.56. The average molecular weight is 535 g/mol. The third kappa shape index (κ3) is 4.65. The highest BCUT2D eigenvalue weighted by molar-refractivity contribution is 8.01. The van der Waals surface area contributed by atoms with Gasteiger partial charge in [0, 0.05) is 13.1 Å². The summed E-state index contributed by atoms with van der Waals surface area (Å²) in [5.74, 6) is -2.77. The molecule has 5 rings (SSSR count). The summed E-state index contributed by atoms with van der Waals surface area (Å²) < 4.78 is 5.87. The smallest absolute Gasteiger partial charge is 0.338 e. The van der Waals surface area contributed by atoms with Gasteiger partial charge < -0.3 is 14.7 Å². The Balaban J connectivity index is 1.44. The van der Waals surface area contributed by atoms with Gasteiger partial charge in [-0.3, -0.25) is 19.3 Å². The van der Waals surface area contributed by atoms with Crippen LogP contribution in [0.25, 0.3) is 0 Å². The number of thiophene rings is 1. The number of benzene rings is 2. The van der Waals surface area contributed by atoms with E-state index in [1.165, 1.54) is 34.3 Å². The van der Waals surface area contributed by atoms with Gasteiger partial charge in [-0.15, -0.1) is 23.1 Å². The molecule has 8 nitrogen and oxygen atoms in total. The van der Waals surface area contributed by atoms with Crippen LogP contribution >= 0.6 is 23.1 Å². The number of carboxylic acids is 1. The molecule has 0 bridgehead atoms. The Kier molecular flexibility index (Phi) is 6.86. The van der Waals surface area contributed by atoms with E-state index in [0.717, 1.165) is 22.9 Å². The molecule has 10 heteroatoms. The number of hydrogen-bond donors (Lipinski definition) is 1. The molecule has 2 unspecified atom stereocenters. The first-order valence-corrected chi connectivity index (χ1v) is 13.3. The molecule has 1 aromatic heterocycles. The summed E-state index contributed by atoms with van der Waals surface area (Å²) >= 11 is 2.26. The fourth-order valence-corrected chi connectivity index (χ4v) is 6.61. The van der Waals surface area contributed by atoms with Crippen LogP contribution < -0.4 is 4.90 Å². The van der Waals surface area contributed by atoms with Crippen molar-refractivity contribution in [2.45, 2.75) is 29.7 Å². The predicted molar refractivity (Wildman–Crippen MR) is 140 cm³/mol. The van der Waals surface area contributed by atoms with E-state index in [9.17, 15) is 24.3 Å². The van der Waals surface area contributed by atoms with Crippen LogP contribution in [0.5, 0.6) is 0 Å². The molecule has 188 valence electrons. The second-order valence-electron chi connectivity index (χ2n) is 8.47. The van der Waals surface area contributed by atoms with Crippen molar-refractivity contribution < 1.29 is 29.0 Å². The molecule has 0 aliphatic carbocycles. The van der Waals surface area contributed by atoms with Gasteiger partial charge in [-0.2, -0.15) is 0 Å². The van der Waals surface area contributed by atoms with Crippen molar-refractivity contribution in [2.75, 3.05) is 4.90 Å². The van der Waals surface area contributed by atoms with Crippen molar-refractivity contribution in [2.24, 2.45) is 0 Å². The Labute approximate surface area is 221 Å². The molecular formula is C27H22N2O6S2. The number of esters is 1. The lowest BCUT2D eigenvalue weighted by atomic mass is 10.0. The second-order valence-corrected chi connectivity index (χ2v) is 10.6. The zero-order chi connectivity index (χ0) is 26.1. The number of anilines is 1. The molecule has 1 saturated heterocycles. The summed E-state index contributed by atoms with van der Waals surface area (Å²) in [6.45, 7) is 1.36. The second kappa shape index (κ2) is 10.2. The molecule has 2 aromatic carbocycles. The molecule has 0 spiro atoms. The van der Waals surface area contributed by atoms with E-state index >= 15 is 0 Å². The van der Waals surface area contributed by atoms with Crippen LogP contribution in [0.15, 0.2) is 89.9 Å². The number of fused-ring (bicyclic) bond motifs is 1. The van der Waals surface area contributed by atoms with Crippen molar-refractivity contribution in [3.63, 3.8) is 0 Å². The fraction of sp³-hybridized carbons (Fsp3) is 0.185. The van der Waals surface area contributed by atoms with Gasteiger partial charge in [0.05, 0.1) is 10.6 Å². The average Bonchev–Trinajstić information content (AvgIpc) is 3.44. The first kappa shape index (κ1) is 24.8. The number of thioether (sulfide) groups is 1. The van der Waals surface area contributed by atoms with Crippen LogP contribution in [0.1, 0.15) is 24.2 Å². The number of carbonyl (C=O) groups excluding carboxylic acids is 3. The van der Waals surface area contributed by atoms with Crippen molar-refractivity contribution in [3.05, 3.63) is 101 Å². The molecule has 2 aliphatic rings. The van der Waals surface area contributed by atoms with Crippen LogP contribution in [0.4, 0.5) is 5.00 Å². The molecule has 0 saturated carbocycles. The minimum Gasteiger partial charge on any atom is -0.480 e. The van der Waals surface area contributed by atoms with Crippen LogP contribution in [0, 0.1) is 0 Å². The molecule has 1 N–H and O–H groups in total. The van der Waals surface area contributed by atoms with Gasteiger partial charge in [-0.05, 0) is 28.6 Å². The van der Waals surface area contributed by atoms with Gasteiger partial charge in [0.2, 0.25) is 5.91 Å². The zero-order valence-corrected chi connectivity index (χ0v) is 21.2. The van der Waals surface area contributed by atoms with E-state index < -0.39 is 40.6 Å². The van der Waals surface area contributed by atoms with Crippen LogP contribution in [0.3, 0.4) is 0 Å². The summed E-state index contributed by atoms with van der Waals surface area (Å²) in [7, 11) is 0. The molecule has 3 aromatic rings. The van der Waals surface area contributed by atoms with Gasteiger partial charge in [-0.1, -0.05) is 60.7 Å². The molecule has 2 amide bonds. The number of carboxylic acid groups (broad SMARTS) is 1. The third-order valence-corrected chi connectivity index (χ3v) is 8.50. The monoisotopic (exact) mass is 534 g/mol. The molecule has 2 aliphatic heterocycles. The zero-order valence-electron chi connectivity index (χ0n) is 19.6. The first-order valence-electron chi connectivity index (χ1n) is 11.4. The van der Waals surface area contributed by atoms with Crippen molar-refractivity contribution >= 4 is 51.9 Å².